The van der Waals surface area contributed by atoms with Crippen molar-refractivity contribution in [2.45, 2.75) is 12.5 Å². The zero-order valence-electron chi connectivity index (χ0n) is 9.46. The summed E-state index contributed by atoms with van der Waals surface area (Å²) in [7, 11) is 3.79. The minimum Gasteiger partial charge on any atom is -0.276 e. The number of aromatic nitrogens is 4. The molecular weight excluding hydrogens is 204 g/mol. The zero-order valence-corrected chi connectivity index (χ0v) is 9.46. The summed E-state index contributed by atoms with van der Waals surface area (Å²) in [6.07, 6.45) is 6.44. The summed E-state index contributed by atoms with van der Waals surface area (Å²) >= 11 is 0. The lowest BCUT2D eigenvalue weighted by Crippen LogP contribution is -2.29. The number of hydrogen-bond donors (Lipinski definition) is 2. The largest absolute Gasteiger partial charge is 0.276 e. The first-order chi connectivity index (χ1) is 7.69. The normalized spacial score (nSPS) is 12.9. The first-order valence-corrected chi connectivity index (χ1v) is 5.12. The molecule has 0 aliphatic heterocycles. The van der Waals surface area contributed by atoms with Gasteiger partial charge in [-0.1, -0.05) is 0 Å². The van der Waals surface area contributed by atoms with Crippen LogP contribution in [0.25, 0.3) is 0 Å². The van der Waals surface area contributed by atoms with E-state index in [-0.39, 0.29) is 6.04 Å². The van der Waals surface area contributed by atoms with Crippen LogP contribution in [0, 0.1) is 0 Å². The fourth-order valence-electron chi connectivity index (χ4n) is 1.67. The molecular formula is C10H16N6. The smallest absolute Gasteiger partial charge is 0.0644 e. The second-order valence-corrected chi connectivity index (χ2v) is 3.85. The molecule has 0 bridgehead atoms. The summed E-state index contributed by atoms with van der Waals surface area (Å²) in [5.74, 6) is 5.55. The van der Waals surface area contributed by atoms with Crippen LogP contribution in [0.5, 0.6) is 0 Å². The monoisotopic (exact) mass is 220 g/mol. The molecule has 2 heterocycles. The summed E-state index contributed by atoms with van der Waals surface area (Å²) in [6, 6.07) is 2.03. The average Bonchev–Trinajstić information content (AvgIpc) is 2.84. The molecule has 1 atom stereocenters. The molecule has 0 amide bonds. The van der Waals surface area contributed by atoms with E-state index in [1.54, 1.807) is 9.36 Å². The van der Waals surface area contributed by atoms with Crippen molar-refractivity contribution >= 4 is 0 Å². The second kappa shape index (κ2) is 4.46. The van der Waals surface area contributed by atoms with Gasteiger partial charge in [-0.2, -0.15) is 10.2 Å². The van der Waals surface area contributed by atoms with E-state index in [4.69, 9.17) is 5.84 Å². The van der Waals surface area contributed by atoms with Crippen LogP contribution in [0.4, 0.5) is 0 Å². The third-order valence-corrected chi connectivity index (χ3v) is 2.51. The lowest BCUT2D eigenvalue weighted by atomic mass is 10.1. The third-order valence-electron chi connectivity index (χ3n) is 2.51. The topological polar surface area (TPSA) is 73.7 Å². The molecule has 2 rings (SSSR count). The highest BCUT2D eigenvalue weighted by Gasteiger charge is 2.13. The molecule has 0 fully saturated rings. The highest BCUT2D eigenvalue weighted by atomic mass is 15.3. The number of nitrogens with two attached hydrogens (primary N) is 1. The standard InChI is InChI=1S/C10H16N6/c1-15-4-3-9(14-15)5-10(13-11)8-6-12-16(2)7-8/h3-4,6-7,10,13H,5,11H2,1-2H3. The van der Waals surface area contributed by atoms with Crippen molar-refractivity contribution in [3.05, 3.63) is 35.9 Å². The molecule has 0 aliphatic carbocycles. The molecule has 6 nitrogen and oxygen atoms in total. The van der Waals surface area contributed by atoms with Gasteiger partial charge in [0.2, 0.25) is 0 Å². The Hall–Kier alpha value is -1.66. The number of rotatable bonds is 4. The number of hydrazine groups is 1. The molecule has 0 aromatic carbocycles. The minimum atomic E-state index is 0.0450. The number of aryl methyl sites for hydroxylation is 2. The summed E-state index contributed by atoms with van der Waals surface area (Å²) in [6.45, 7) is 0. The Bertz CT molecular complexity index is 457. The molecule has 16 heavy (non-hydrogen) atoms. The molecule has 0 saturated carbocycles. The molecule has 0 spiro atoms. The zero-order chi connectivity index (χ0) is 11.5. The molecule has 2 aromatic heterocycles. The van der Waals surface area contributed by atoms with E-state index in [2.05, 4.69) is 15.6 Å². The third kappa shape index (κ3) is 2.29. The van der Waals surface area contributed by atoms with Crippen molar-refractivity contribution in [1.29, 1.82) is 0 Å². The fourth-order valence-corrected chi connectivity index (χ4v) is 1.67. The van der Waals surface area contributed by atoms with Crippen LogP contribution in [0.1, 0.15) is 17.3 Å². The molecule has 2 aromatic rings. The van der Waals surface area contributed by atoms with Crippen molar-refractivity contribution in [1.82, 2.24) is 25.0 Å². The maximum atomic E-state index is 5.55. The Morgan fingerprint density at radius 3 is 2.75 bits per heavy atom. The highest BCUT2D eigenvalue weighted by Crippen LogP contribution is 2.15. The Balaban J connectivity index is 2.12. The van der Waals surface area contributed by atoms with Gasteiger partial charge in [0.05, 0.1) is 17.9 Å². The first-order valence-electron chi connectivity index (χ1n) is 5.12. The van der Waals surface area contributed by atoms with Gasteiger partial charge in [-0.05, 0) is 6.07 Å². The maximum absolute atomic E-state index is 5.55. The van der Waals surface area contributed by atoms with Gasteiger partial charge in [0.1, 0.15) is 0 Å². The molecule has 3 N–H and O–H groups in total. The lowest BCUT2D eigenvalue weighted by Gasteiger charge is -2.12. The predicted octanol–water partition coefficient (Wildman–Crippen LogP) is -0.0993. The molecule has 86 valence electrons. The van der Waals surface area contributed by atoms with E-state index in [0.717, 1.165) is 17.7 Å². The van der Waals surface area contributed by atoms with Crippen molar-refractivity contribution in [3.8, 4) is 0 Å². The van der Waals surface area contributed by atoms with E-state index in [9.17, 15) is 0 Å². The van der Waals surface area contributed by atoms with Gasteiger partial charge in [0.25, 0.3) is 0 Å². The summed E-state index contributed by atoms with van der Waals surface area (Å²) in [5, 5.41) is 8.45. The van der Waals surface area contributed by atoms with Crippen LogP contribution in [0.2, 0.25) is 0 Å². The second-order valence-electron chi connectivity index (χ2n) is 3.85. The predicted molar refractivity (Wildman–Crippen MR) is 60.2 cm³/mol. The van der Waals surface area contributed by atoms with Crippen molar-refractivity contribution < 1.29 is 0 Å². The summed E-state index contributed by atoms with van der Waals surface area (Å²) in [4.78, 5) is 0. The Labute approximate surface area is 94.0 Å². The van der Waals surface area contributed by atoms with Gasteiger partial charge < -0.3 is 0 Å². The quantitative estimate of drug-likeness (QED) is 0.557. The molecule has 0 saturated heterocycles. The Kier molecular flexibility index (Phi) is 3.02. The fraction of sp³-hybridized carbons (Fsp3) is 0.400. The average molecular weight is 220 g/mol. The van der Waals surface area contributed by atoms with Gasteiger partial charge in [-0.15, -0.1) is 0 Å². The van der Waals surface area contributed by atoms with Gasteiger partial charge in [0, 0.05) is 38.5 Å². The van der Waals surface area contributed by atoms with Crippen LogP contribution in [0.3, 0.4) is 0 Å². The highest BCUT2D eigenvalue weighted by molar-refractivity contribution is 5.14. The van der Waals surface area contributed by atoms with Crippen LogP contribution in [-0.4, -0.2) is 19.6 Å². The van der Waals surface area contributed by atoms with Gasteiger partial charge in [-0.3, -0.25) is 20.6 Å². The van der Waals surface area contributed by atoms with Crippen LogP contribution < -0.4 is 11.3 Å². The SMILES string of the molecule is Cn1cc(C(Cc2ccn(C)n2)NN)cn1. The van der Waals surface area contributed by atoms with E-state index in [1.807, 2.05) is 38.8 Å². The Morgan fingerprint density at radius 2 is 2.25 bits per heavy atom. The first kappa shape index (κ1) is 10.8. The van der Waals surface area contributed by atoms with Crippen molar-refractivity contribution in [2.24, 2.45) is 19.9 Å². The van der Waals surface area contributed by atoms with E-state index in [0.29, 0.717) is 0 Å². The van der Waals surface area contributed by atoms with Crippen LogP contribution in [-0.2, 0) is 20.5 Å². The molecule has 0 aliphatic rings. The number of nitrogens with one attached hydrogen (secondary N) is 1. The van der Waals surface area contributed by atoms with Crippen molar-refractivity contribution in [2.75, 3.05) is 0 Å². The minimum absolute atomic E-state index is 0.0450. The lowest BCUT2D eigenvalue weighted by molar-refractivity contribution is 0.541. The van der Waals surface area contributed by atoms with Gasteiger partial charge in [-0.25, -0.2) is 0 Å². The van der Waals surface area contributed by atoms with Gasteiger partial charge >= 0.3 is 0 Å². The number of nitrogens with zero attached hydrogens (tertiary/aromatic N) is 4. The van der Waals surface area contributed by atoms with Crippen LogP contribution >= 0.6 is 0 Å². The van der Waals surface area contributed by atoms with E-state index >= 15 is 0 Å². The molecule has 1 unspecified atom stereocenters. The summed E-state index contributed by atoms with van der Waals surface area (Å²) in [5.41, 5.74) is 4.86. The van der Waals surface area contributed by atoms with Crippen LogP contribution in [0.15, 0.2) is 24.7 Å². The summed E-state index contributed by atoms with van der Waals surface area (Å²) < 4.78 is 3.55. The van der Waals surface area contributed by atoms with Crippen molar-refractivity contribution in [3.63, 3.8) is 0 Å². The Morgan fingerprint density at radius 1 is 1.44 bits per heavy atom. The molecule has 0 radical (unpaired) electrons. The number of hydrogen-bond acceptors (Lipinski definition) is 4. The maximum Gasteiger partial charge on any atom is 0.0644 e. The van der Waals surface area contributed by atoms with E-state index in [1.165, 1.54) is 0 Å². The van der Waals surface area contributed by atoms with E-state index < -0.39 is 0 Å². The van der Waals surface area contributed by atoms with Gasteiger partial charge in [0.15, 0.2) is 0 Å². The molecule has 6 heteroatoms.